The molecule has 0 atom stereocenters. The van der Waals surface area contributed by atoms with Crippen LogP contribution in [-0.2, 0) is 17.3 Å². The van der Waals surface area contributed by atoms with Gasteiger partial charge in [-0.2, -0.15) is 0 Å². The number of nitrogens with one attached hydrogen (secondary N) is 1. The van der Waals surface area contributed by atoms with Gasteiger partial charge in [0.1, 0.15) is 11.6 Å². The van der Waals surface area contributed by atoms with Gasteiger partial charge in [0.2, 0.25) is 5.91 Å². The monoisotopic (exact) mass is 320 g/mol. The Hall–Kier alpha value is -2.48. The molecule has 122 valence electrons. The summed E-state index contributed by atoms with van der Waals surface area (Å²) in [4.78, 5) is 10.6. The molecule has 0 spiro atoms. The molecular formula is C16H17FN2O4. The van der Waals surface area contributed by atoms with Crippen LogP contribution in [0.1, 0.15) is 11.1 Å². The lowest BCUT2D eigenvalue weighted by molar-refractivity contribution is -0.304. The maximum atomic E-state index is 13.1. The first-order chi connectivity index (χ1) is 10.9. The molecule has 0 radical (unpaired) electrons. The zero-order chi connectivity index (χ0) is 16.9. The van der Waals surface area contributed by atoms with Crippen molar-refractivity contribution in [3.8, 4) is 5.75 Å². The molecule has 6 nitrogen and oxygen atoms in total. The van der Waals surface area contributed by atoms with E-state index in [0.717, 1.165) is 11.6 Å². The van der Waals surface area contributed by atoms with Crippen molar-refractivity contribution in [2.45, 2.75) is 12.5 Å². The smallest absolute Gasteiger partial charge is 0.351 e. The van der Waals surface area contributed by atoms with Crippen LogP contribution in [0, 0.1) is 5.82 Å². The number of carbonyl (C=O) groups excluding carboxylic acids is 1. The zero-order valence-corrected chi connectivity index (χ0v) is 12.2. The summed E-state index contributed by atoms with van der Waals surface area (Å²) in [7, 11) is 0. The number of aliphatic hydroxyl groups is 2. The van der Waals surface area contributed by atoms with Crippen molar-refractivity contribution < 1.29 is 24.1 Å². The molecule has 0 aliphatic rings. The molecule has 2 aromatic rings. The van der Waals surface area contributed by atoms with Gasteiger partial charge in [0.15, 0.2) is 0 Å². The van der Waals surface area contributed by atoms with Crippen molar-refractivity contribution in [3.05, 3.63) is 65.5 Å². The molecule has 0 heterocycles. The predicted molar refractivity (Wildman–Crippen MR) is 80.5 cm³/mol. The fraction of sp³-hybridized carbons (Fsp3) is 0.188. The summed E-state index contributed by atoms with van der Waals surface area (Å²) in [5.41, 5.74) is 5.74. The molecule has 0 aliphatic carbocycles. The summed E-state index contributed by atoms with van der Waals surface area (Å²) < 4.78 is 18.2. The molecule has 0 aliphatic heterocycles. The van der Waals surface area contributed by atoms with E-state index in [1.54, 1.807) is 12.1 Å². The molecule has 0 saturated carbocycles. The van der Waals surface area contributed by atoms with E-state index in [-0.39, 0.29) is 17.9 Å². The van der Waals surface area contributed by atoms with Crippen LogP contribution in [0.3, 0.4) is 0 Å². The average Bonchev–Trinajstić information content (AvgIpc) is 2.48. The molecular weight excluding hydrogens is 303 g/mol. The lowest BCUT2D eigenvalue weighted by atomic mass is 10.2. The van der Waals surface area contributed by atoms with E-state index in [1.165, 1.54) is 30.3 Å². The largest absolute Gasteiger partial charge is 0.436 e. The molecule has 0 fully saturated rings. The summed E-state index contributed by atoms with van der Waals surface area (Å²) in [6.07, 6.45) is 0. The standard InChI is InChI=1S/C16H17FN2O4/c17-13-3-1-2-12(8-13)16(21,22)23-14-6-4-11(5-7-14)9-19-10-15(18)20/h1-8,19,21-22H,9-10H2,(H2,18,20). The molecule has 0 bridgehead atoms. The van der Waals surface area contributed by atoms with Crippen LogP contribution in [-0.4, -0.2) is 22.7 Å². The zero-order valence-electron chi connectivity index (χ0n) is 12.2. The second-order valence-corrected chi connectivity index (χ2v) is 4.93. The Labute approximate surface area is 132 Å². The van der Waals surface area contributed by atoms with E-state index in [2.05, 4.69) is 5.32 Å². The van der Waals surface area contributed by atoms with Gasteiger partial charge in [-0.3, -0.25) is 4.79 Å². The van der Waals surface area contributed by atoms with Gasteiger partial charge in [-0.25, -0.2) is 4.39 Å². The van der Waals surface area contributed by atoms with Crippen molar-refractivity contribution in [1.29, 1.82) is 0 Å². The van der Waals surface area contributed by atoms with Crippen LogP contribution in [0.2, 0.25) is 0 Å². The average molecular weight is 320 g/mol. The lowest BCUT2D eigenvalue weighted by Crippen LogP contribution is -2.32. The second-order valence-electron chi connectivity index (χ2n) is 4.93. The number of amides is 1. The van der Waals surface area contributed by atoms with E-state index >= 15 is 0 Å². The van der Waals surface area contributed by atoms with E-state index in [1.807, 2.05) is 0 Å². The highest BCUT2D eigenvalue weighted by atomic mass is 19.1. The van der Waals surface area contributed by atoms with Gasteiger partial charge >= 0.3 is 5.97 Å². The van der Waals surface area contributed by atoms with Crippen molar-refractivity contribution in [2.24, 2.45) is 5.73 Å². The summed E-state index contributed by atoms with van der Waals surface area (Å²) in [5.74, 6) is -3.51. The number of rotatable bonds is 7. The van der Waals surface area contributed by atoms with Crippen molar-refractivity contribution in [2.75, 3.05) is 6.54 Å². The number of primary amides is 1. The molecule has 1 amide bonds. The first kappa shape index (κ1) is 16.9. The van der Waals surface area contributed by atoms with Crippen LogP contribution in [0.15, 0.2) is 48.5 Å². The highest BCUT2D eigenvalue weighted by molar-refractivity contribution is 5.75. The van der Waals surface area contributed by atoms with Crippen molar-refractivity contribution in [3.63, 3.8) is 0 Å². The summed E-state index contributed by atoms with van der Waals surface area (Å²) in [6.45, 7) is 0.491. The van der Waals surface area contributed by atoms with Gasteiger partial charge in [0, 0.05) is 6.54 Å². The minimum Gasteiger partial charge on any atom is -0.436 e. The number of ether oxygens (including phenoxy) is 1. The normalized spacial score (nSPS) is 11.3. The van der Waals surface area contributed by atoms with Gasteiger partial charge in [0.25, 0.3) is 0 Å². The number of hydrogen-bond acceptors (Lipinski definition) is 5. The van der Waals surface area contributed by atoms with Crippen LogP contribution in [0.5, 0.6) is 5.75 Å². The quantitative estimate of drug-likeness (QED) is 0.559. The molecule has 7 heteroatoms. The third-order valence-electron chi connectivity index (χ3n) is 3.01. The van der Waals surface area contributed by atoms with E-state index in [4.69, 9.17) is 10.5 Å². The third-order valence-corrected chi connectivity index (χ3v) is 3.01. The minimum absolute atomic E-state index is 0.0637. The van der Waals surface area contributed by atoms with Crippen molar-refractivity contribution in [1.82, 2.24) is 5.32 Å². The Morgan fingerprint density at radius 2 is 1.91 bits per heavy atom. The third kappa shape index (κ3) is 5.03. The lowest BCUT2D eigenvalue weighted by Gasteiger charge is -2.23. The van der Waals surface area contributed by atoms with Crippen LogP contribution in [0.25, 0.3) is 0 Å². The molecule has 23 heavy (non-hydrogen) atoms. The Morgan fingerprint density at radius 1 is 1.22 bits per heavy atom. The molecule has 5 N–H and O–H groups in total. The molecule has 2 rings (SSSR count). The van der Waals surface area contributed by atoms with E-state index < -0.39 is 17.7 Å². The first-order valence-electron chi connectivity index (χ1n) is 6.84. The van der Waals surface area contributed by atoms with E-state index in [0.29, 0.717) is 6.54 Å². The van der Waals surface area contributed by atoms with Crippen molar-refractivity contribution >= 4 is 5.91 Å². The van der Waals surface area contributed by atoms with Gasteiger partial charge in [-0.05, 0) is 35.9 Å². The number of halogens is 1. The fourth-order valence-corrected chi connectivity index (χ4v) is 1.92. The Bertz CT molecular complexity index is 674. The number of nitrogens with two attached hydrogens (primary N) is 1. The maximum Gasteiger partial charge on any atom is 0.351 e. The minimum atomic E-state index is -2.65. The van der Waals surface area contributed by atoms with Gasteiger partial charge < -0.3 is 26.0 Å². The fourth-order valence-electron chi connectivity index (χ4n) is 1.92. The van der Waals surface area contributed by atoms with Crippen LogP contribution >= 0.6 is 0 Å². The Balaban J connectivity index is 2.01. The van der Waals surface area contributed by atoms with Gasteiger partial charge in [-0.15, -0.1) is 0 Å². The predicted octanol–water partition coefficient (Wildman–Crippen LogP) is 0.575. The highest BCUT2D eigenvalue weighted by Crippen LogP contribution is 2.24. The van der Waals surface area contributed by atoms with Crippen LogP contribution < -0.4 is 15.8 Å². The second kappa shape index (κ2) is 7.19. The number of hydrogen-bond donors (Lipinski definition) is 4. The maximum absolute atomic E-state index is 13.1. The SMILES string of the molecule is NC(=O)CNCc1ccc(OC(O)(O)c2cccc(F)c2)cc1. The Kier molecular flexibility index (Phi) is 5.28. The topological polar surface area (TPSA) is 105 Å². The first-order valence-corrected chi connectivity index (χ1v) is 6.84. The number of carbonyl (C=O) groups is 1. The van der Waals surface area contributed by atoms with Gasteiger partial charge in [-0.1, -0.05) is 18.2 Å². The number of benzene rings is 2. The summed E-state index contributed by atoms with van der Waals surface area (Å²) >= 11 is 0. The molecule has 0 aromatic heterocycles. The Morgan fingerprint density at radius 3 is 2.52 bits per heavy atom. The molecule has 0 saturated heterocycles. The highest BCUT2D eigenvalue weighted by Gasteiger charge is 2.29. The van der Waals surface area contributed by atoms with Crippen LogP contribution in [0.4, 0.5) is 4.39 Å². The molecule has 2 aromatic carbocycles. The van der Waals surface area contributed by atoms with E-state index in [9.17, 15) is 19.4 Å². The van der Waals surface area contributed by atoms with Gasteiger partial charge in [0.05, 0.1) is 12.1 Å². The summed E-state index contributed by atoms with van der Waals surface area (Å²) in [5, 5.41) is 22.7. The summed E-state index contributed by atoms with van der Waals surface area (Å²) in [6, 6.07) is 11.3. The molecule has 0 unspecified atom stereocenters.